The number of urea groups is 1. The monoisotopic (exact) mass is 372 g/mol. The highest BCUT2D eigenvalue weighted by Gasteiger charge is 2.25. The number of ether oxygens (including phenoxy) is 1. The summed E-state index contributed by atoms with van der Waals surface area (Å²) in [6.07, 6.45) is 4.56. The molecule has 1 aliphatic rings. The molecule has 0 radical (unpaired) electrons. The minimum atomic E-state index is -0.239. The molecule has 3 heterocycles. The van der Waals surface area contributed by atoms with Gasteiger partial charge in [-0.15, -0.1) is 0 Å². The lowest BCUT2D eigenvalue weighted by atomic mass is 10.0. The van der Waals surface area contributed by atoms with Crippen LogP contribution in [0.1, 0.15) is 35.9 Å². The number of nitrogens with one attached hydrogen (secondary N) is 2. The van der Waals surface area contributed by atoms with E-state index in [2.05, 4.69) is 15.6 Å². The zero-order valence-electron chi connectivity index (χ0n) is 15.3. The molecular formula is C19H24N4O4. The fourth-order valence-electron chi connectivity index (χ4n) is 3.02. The highest BCUT2D eigenvalue weighted by molar-refractivity contribution is 5.91. The molecule has 1 aliphatic heterocycles. The fraction of sp³-hybridized carbons (Fsp3) is 0.421. The average molecular weight is 372 g/mol. The Kier molecular flexibility index (Phi) is 6.30. The normalized spacial score (nSPS) is 14.6. The number of rotatable bonds is 6. The molecule has 3 amide bonds. The van der Waals surface area contributed by atoms with Gasteiger partial charge in [0.15, 0.2) is 5.76 Å². The predicted molar refractivity (Wildman–Crippen MR) is 98.4 cm³/mol. The molecule has 2 aromatic rings. The maximum Gasteiger partial charge on any atom is 0.315 e. The van der Waals surface area contributed by atoms with Crippen molar-refractivity contribution in [2.24, 2.45) is 0 Å². The molecule has 2 N–H and O–H groups in total. The van der Waals surface area contributed by atoms with Crippen molar-refractivity contribution in [3.63, 3.8) is 0 Å². The number of piperidine rings is 1. The van der Waals surface area contributed by atoms with Crippen molar-refractivity contribution in [2.75, 3.05) is 19.7 Å². The second-order valence-corrected chi connectivity index (χ2v) is 6.27. The second-order valence-electron chi connectivity index (χ2n) is 6.27. The molecule has 27 heavy (non-hydrogen) atoms. The van der Waals surface area contributed by atoms with Crippen LogP contribution in [0.15, 0.2) is 41.1 Å². The first-order chi connectivity index (χ1) is 13.2. The van der Waals surface area contributed by atoms with Gasteiger partial charge in [0.25, 0.3) is 5.91 Å². The summed E-state index contributed by atoms with van der Waals surface area (Å²) in [5.74, 6) is 0.772. The van der Waals surface area contributed by atoms with Crippen LogP contribution in [0, 0.1) is 0 Å². The molecular weight excluding hydrogens is 348 g/mol. The Balaban J connectivity index is 1.43. The Morgan fingerprint density at radius 2 is 2.11 bits per heavy atom. The van der Waals surface area contributed by atoms with Crippen LogP contribution < -0.4 is 15.4 Å². The average Bonchev–Trinajstić information content (AvgIpc) is 3.22. The number of carbonyl (C=O) groups is 2. The highest BCUT2D eigenvalue weighted by Crippen LogP contribution is 2.15. The summed E-state index contributed by atoms with van der Waals surface area (Å²) in [7, 11) is 0. The van der Waals surface area contributed by atoms with Crippen molar-refractivity contribution in [3.8, 4) is 5.88 Å². The third-order valence-corrected chi connectivity index (χ3v) is 4.42. The van der Waals surface area contributed by atoms with E-state index < -0.39 is 0 Å². The number of hydrogen-bond donors (Lipinski definition) is 2. The smallest absolute Gasteiger partial charge is 0.315 e. The van der Waals surface area contributed by atoms with Crippen molar-refractivity contribution in [1.29, 1.82) is 0 Å². The van der Waals surface area contributed by atoms with E-state index in [4.69, 9.17) is 9.15 Å². The summed E-state index contributed by atoms with van der Waals surface area (Å²) < 4.78 is 10.6. The van der Waals surface area contributed by atoms with Crippen LogP contribution in [0.3, 0.4) is 0 Å². The van der Waals surface area contributed by atoms with Crippen molar-refractivity contribution >= 4 is 11.9 Å². The van der Waals surface area contributed by atoms with Gasteiger partial charge in [-0.3, -0.25) is 4.79 Å². The summed E-state index contributed by atoms with van der Waals surface area (Å²) >= 11 is 0. The van der Waals surface area contributed by atoms with E-state index in [1.54, 1.807) is 23.2 Å². The van der Waals surface area contributed by atoms with E-state index in [0.29, 0.717) is 50.7 Å². The number of hydrogen-bond acceptors (Lipinski definition) is 5. The molecule has 0 unspecified atom stereocenters. The topological polar surface area (TPSA) is 96.7 Å². The quantitative estimate of drug-likeness (QED) is 0.810. The van der Waals surface area contributed by atoms with E-state index in [1.807, 2.05) is 19.1 Å². The zero-order valence-corrected chi connectivity index (χ0v) is 15.3. The molecule has 0 spiro atoms. The van der Waals surface area contributed by atoms with E-state index in [0.717, 1.165) is 5.56 Å². The van der Waals surface area contributed by atoms with Gasteiger partial charge >= 0.3 is 6.03 Å². The van der Waals surface area contributed by atoms with E-state index in [-0.39, 0.29) is 18.0 Å². The maximum absolute atomic E-state index is 12.2. The van der Waals surface area contributed by atoms with Crippen LogP contribution in [0.4, 0.5) is 4.79 Å². The molecule has 8 nitrogen and oxygen atoms in total. The molecule has 3 rings (SSSR count). The van der Waals surface area contributed by atoms with Gasteiger partial charge in [-0.1, -0.05) is 6.07 Å². The number of likely N-dealkylation sites (tertiary alicyclic amines) is 1. The Labute approximate surface area is 157 Å². The molecule has 1 saturated heterocycles. The minimum absolute atomic E-state index is 0.0333. The van der Waals surface area contributed by atoms with Gasteiger partial charge in [0.05, 0.1) is 12.9 Å². The fourth-order valence-corrected chi connectivity index (χ4v) is 3.02. The Morgan fingerprint density at radius 3 is 2.81 bits per heavy atom. The van der Waals surface area contributed by atoms with E-state index >= 15 is 0 Å². The summed E-state index contributed by atoms with van der Waals surface area (Å²) in [4.78, 5) is 30.3. The number of carbonyl (C=O) groups excluding carboxylic acids is 2. The number of nitrogens with zero attached hydrogens (tertiary/aromatic N) is 2. The first-order valence-corrected chi connectivity index (χ1v) is 9.11. The van der Waals surface area contributed by atoms with Crippen LogP contribution in [0.25, 0.3) is 0 Å². The van der Waals surface area contributed by atoms with Crippen LogP contribution in [-0.2, 0) is 6.54 Å². The Hall–Kier alpha value is -3.03. The number of amides is 3. The lowest BCUT2D eigenvalue weighted by Gasteiger charge is -2.31. The van der Waals surface area contributed by atoms with Crippen molar-refractivity contribution in [2.45, 2.75) is 32.4 Å². The molecule has 0 atom stereocenters. The first-order valence-electron chi connectivity index (χ1n) is 9.11. The van der Waals surface area contributed by atoms with Gasteiger partial charge in [-0.25, -0.2) is 9.78 Å². The third kappa shape index (κ3) is 4.99. The summed E-state index contributed by atoms with van der Waals surface area (Å²) in [6.45, 7) is 3.92. The van der Waals surface area contributed by atoms with Gasteiger partial charge in [-0.2, -0.15) is 0 Å². The summed E-state index contributed by atoms with van der Waals surface area (Å²) in [5, 5.41) is 5.80. The first kappa shape index (κ1) is 18.8. The molecule has 2 aromatic heterocycles. The minimum Gasteiger partial charge on any atom is -0.478 e. The SMILES string of the molecule is CCOc1ncccc1CNC(=O)NC1CCN(C(=O)c2ccco2)CC1. The Bertz CT molecular complexity index is 755. The van der Waals surface area contributed by atoms with Crippen molar-refractivity contribution < 1.29 is 18.7 Å². The second kappa shape index (κ2) is 9.07. The van der Waals surface area contributed by atoms with Crippen LogP contribution >= 0.6 is 0 Å². The van der Waals surface area contributed by atoms with Gasteiger partial charge in [0.2, 0.25) is 5.88 Å². The molecule has 1 fully saturated rings. The standard InChI is InChI=1S/C19H24N4O4/c1-2-26-17-14(5-3-9-20-17)13-21-19(25)22-15-7-10-23(11-8-15)18(24)16-6-4-12-27-16/h3-6,9,12,15H,2,7-8,10-11,13H2,1H3,(H2,21,22,25). The van der Waals surface area contributed by atoms with Crippen molar-refractivity contribution in [3.05, 3.63) is 48.0 Å². The predicted octanol–water partition coefficient (Wildman–Crippen LogP) is 2.18. The third-order valence-electron chi connectivity index (χ3n) is 4.42. The Morgan fingerprint density at radius 1 is 1.30 bits per heavy atom. The zero-order chi connectivity index (χ0) is 19.1. The molecule has 8 heteroatoms. The van der Waals surface area contributed by atoms with Gasteiger partial charge < -0.3 is 24.7 Å². The number of aromatic nitrogens is 1. The molecule has 0 aromatic carbocycles. The van der Waals surface area contributed by atoms with E-state index in [1.165, 1.54) is 6.26 Å². The van der Waals surface area contributed by atoms with Crippen LogP contribution in [0.5, 0.6) is 5.88 Å². The largest absolute Gasteiger partial charge is 0.478 e. The van der Waals surface area contributed by atoms with Crippen LogP contribution in [0.2, 0.25) is 0 Å². The number of pyridine rings is 1. The molecule has 0 bridgehead atoms. The lowest BCUT2D eigenvalue weighted by Crippen LogP contribution is -2.49. The maximum atomic E-state index is 12.2. The highest BCUT2D eigenvalue weighted by atomic mass is 16.5. The van der Waals surface area contributed by atoms with E-state index in [9.17, 15) is 9.59 Å². The lowest BCUT2D eigenvalue weighted by molar-refractivity contribution is 0.0676. The van der Waals surface area contributed by atoms with Gasteiger partial charge in [0, 0.05) is 37.4 Å². The van der Waals surface area contributed by atoms with Crippen LogP contribution in [-0.4, -0.2) is 47.6 Å². The van der Waals surface area contributed by atoms with Gasteiger partial charge in [0.1, 0.15) is 0 Å². The summed E-state index contributed by atoms with van der Waals surface area (Å²) in [6, 6.07) is 6.84. The molecule has 0 saturated carbocycles. The number of furan rings is 1. The van der Waals surface area contributed by atoms with Crippen molar-refractivity contribution in [1.82, 2.24) is 20.5 Å². The molecule has 0 aliphatic carbocycles. The summed E-state index contributed by atoms with van der Waals surface area (Å²) in [5.41, 5.74) is 0.827. The molecule has 144 valence electrons. The van der Waals surface area contributed by atoms with Gasteiger partial charge in [-0.05, 0) is 38.0 Å².